The van der Waals surface area contributed by atoms with Crippen LogP contribution in [0.15, 0.2) is 54.6 Å². The number of unbranched alkanes of at least 4 members (excludes halogenated alkanes) is 1. The number of carbonyl (C=O) groups excluding carboxylic acids is 2. The first-order valence-corrected chi connectivity index (χ1v) is 8.50. The first-order chi connectivity index (χ1) is 12.2. The molecule has 0 atom stereocenters. The van der Waals surface area contributed by atoms with E-state index < -0.39 is 0 Å². The van der Waals surface area contributed by atoms with Crippen LogP contribution in [0, 0.1) is 0 Å². The first-order valence-electron chi connectivity index (χ1n) is 8.50. The Morgan fingerprint density at radius 3 is 2.36 bits per heavy atom. The molecule has 2 rings (SSSR count). The van der Waals surface area contributed by atoms with E-state index in [0.717, 1.165) is 24.2 Å². The predicted octanol–water partition coefficient (Wildman–Crippen LogP) is 2.91. The molecule has 0 aliphatic carbocycles. The molecule has 2 aromatic rings. The second-order valence-electron chi connectivity index (χ2n) is 5.67. The van der Waals surface area contributed by atoms with Gasteiger partial charge >= 0.3 is 0 Å². The molecule has 25 heavy (non-hydrogen) atoms. The Bertz CT molecular complexity index is 669. The molecule has 0 bridgehead atoms. The number of rotatable bonds is 9. The number of ether oxygens (including phenoxy) is 1. The van der Waals surface area contributed by atoms with Crippen molar-refractivity contribution in [1.82, 2.24) is 10.6 Å². The minimum atomic E-state index is -0.282. The summed E-state index contributed by atoms with van der Waals surface area (Å²) in [6.45, 7) is 3.16. The predicted molar refractivity (Wildman–Crippen MR) is 97.5 cm³/mol. The van der Waals surface area contributed by atoms with Crippen LogP contribution in [-0.2, 0) is 11.3 Å². The van der Waals surface area contributed by atoms with Crippen molar-refractivity contribution >= 4 is 11.8 Å². The summed E-state index contributed by atoms with van der Waals surface area (Å²) < 4.78 is 5.56. The van der Waals surface area contributed by atoms with Gasteiger partial charge in [0.15, 0.2) is 0 Å². The molecule has 0 unspecified atom stereocenters. The number of benzene rings is 2. The Morgan fingerprint density at radius 1 is 0.960 bits per heavy atom. The van der Waals surface area contributed by atoms with Crippen molar-refractivity contribution in [1.29, 1.82) is 0 Å². The monoisotopic (exact) mass is 340 g/mol. The summed E-state index contributed by atoms with van der Waals surface area (Å²) in [6, 6.07) is 16.5. The highest BCUT2D eigenvalue weighted by Crippen LogP contribution is 2.12. The van der Waals surface area contributed by atoms with Crippen molar-refractivity contribution < 1.29 is 14.3 Å². The molecule has 0 aliphatic rings. The molecule has 0 saturated heterocycles. The third-order valence-corrected chi connectivity index (χ3v) is 3.63. The van der Waals surface area contributed by atoms with E-state index in [1.807, 2.05) is 30.3 Å². The fraction of sp³-hybridized carbons (Fsp3) is 0.300. The molecule has 0 spiro atoms. The molecular weight excluding hydrogens is 316 g/mol. The van der Waals surface area contributed by atoms with E-state index in [2.05, 4.69) is 17.6 Å². The van der Waals surface area contributed by atoms with Crippen molar-refractivity contribution in [3.63, 3.8) is 0 Å². The lowest BCUT2D eigenvalue weighted by Crippen LogP contribution is -2.36. The first kappa shape index (κ1) is 18.5. The summed E-state index contributed by atoms with van der Waals surface area (Å²) in [7, 11) is 0. The van der Waals surface area contributed by atoms with Crippen molar-refractivity contribution in [2.45, 2.75) is 26.3 Å². The fourth-order valence-corrected chi connectivity index (χ4v) is 2.16. The second kappa shape index (κ2) is 10.1. The zero-order valence-corrected chi connectivity index (χ0v) is 14.5. The minimum absolute atomic E-state index is 0.0551. The van der Waals surface area contributed by atoms with Crippen LogP contribution in [-0.4, -0.2) is 25.0 Å². The lowest BCUT2D eigenvalue weighted by molar-refractivity contribution is -0.120. The third-order valence-electron chi connectivity index (χ3n) is 3.63. The Kier molecular flexibility index (Phi) is 7.50. The summed E-state index contributed by atoms with van der Waals surface area (Å²) in [6.07, 6.45) is 2.08. The molecule has 5 heteroatoms. The molecular formula is C20H24N2O3. The van der Waals surface area contributed by atoms with Gasteiger partial charge in [-0.3, -0.25) is 9.59 Å². The van der Waals surface area contributed by atoms with Crippen LogP contribution in [0.1, 0.15) is 35.7 Å². The number of hydrogen-bond acceptors (Lipinski definition) is 3. The lowest BCUT2D eigenvalue weighted by Gasteiger charge is -2.08. The highest BCUT2D eigenvalue weighted by atomic mass is 16.5. The van der Waals surface area contributed by atoms with Gasteiger partial charge in [-0.05, 0) is 36.2 Å². The molecule has 0 saturated carbocycles. The molecule has 2 amide bonds. The van der Waals surface area contributed by atoms with Crippen LogP contribution in [0.25, 0.3) is 0 Å². The van der Waals surface area contributed by atoms with E-state index in [9.17, 15) is 9.59 Å². The fourth-order valence-electron chi connectivity index (χ4n) is 2.16. The average Bonchev–Trinajstić information content (AvgIpc) is 2.66. The normalized spacial score (nSPS) is 10.1. The zero-order valence-electron chi connectivity index (χ0n) is 14.5. The van der Waals surface area contributed by atoms with Gasteiger partial charge < -0.3 is 15.4 Å². The number of carbonyl (C=O) groups is 2. The van der Waals surface area contributed by atoms with Crippen molar-refractivity contribution in [3.8, 4) is 5.75 Å². The Labute approximate surface area is 148 Å². The van der Waals surface area contributed by atoms with Crippen LogP contribution in [0.2, 0.25) is 0 Å². The van der Waals surface area contributed by atoms with Crippen LogP contribution >= 0.6 is 0 Å². The van der Waals surface area contributed by atoms with Gasteiger partial charge in [0.25, 0.3) is 5.91 Å². The minimum Gasteiger partial charge on any atom is -0.494 e. The average molecular weight is 340 g/mol. The molecule has 132 valence electrons. The number of amides is 2. The van der Waals surface area contributed by atoms with Crippen molar-refractivity contribution in [2.75, 3.05) is 13.2 Å². The van der Waals surface area contributed by atoms with E-state index in [1.54, 1.807) is 24.3 Å². The number of hydrogen-bond donors (Lipinski definition) is 2. The van der Waals surface area contributed by atoms with Crippen LogP contribution in [0.5, 0.6) is 5.75 Å². The highest BCUT2D eigenvalue weighted by molar-refractivity contribution is 5.96. The van der Waals surface area contributed by atoms with Gasteiger partial charge in [0, 0.05) is 12.1 Å². The highest BCUT2D eigenvalue weighted by Gasteiger charge is 2.08. The maximum absolute atomic E-state index is 12.1. The smallest absolute Gasteiger partial charge is 0.251 e. The molecule has 5 nitrogen and oxygen atoms in total. The summed E-state index contributed by atoms with van der Waals surface area (Å²) in [4.78, 5) is 23.9. The van der Waals surface area contributed by atoms with Gasteiger partial charge in [0.05, 0.1) is 13.2 Å². The molecule has 0 aromatic heterocycles. The van der Waals surface area contributed by atoms with E-state index in [1.165, 1.54) is 0 Å². The summed E-state index contributed by atoms with van der Waals surface area (Å²) in [5.74, 6) is 0.234. The van der Waals surface area contributed by atoms with E-state index >= 15 is 0 Å². The van der Waals surface area contributed by atoms with E-state index in [0.29, 0.717) is 18.7 Å². The summed E-state index contributed by atoms with van der Waals surface area (Å²) in [5, 5.41) is 5.38. The maximum Gasteiger partial charge on any atom is 0.251 e. The van der Waals surface area contributed by atoms with Crippen molar-refractivity contribution in [3.05, 3.63) is 65.7 Å². The third kappa shape index (κ3) is 6.67. The van der Waals surface area contributed by atoms with Gasteiger partial charge in [-0.15, -0.1) is 0 Å². The summed E-state index contributed by atoms with van der Waals surface area (Å²) in [5.41, 5.74) is 1.51. The van der Waals surface area contributed by atoms with Crippen LogP contribution < -0.4 is 15.4 Å². The Hall–Kier alpha value is -2.82. The molecule has 0 heterocycles. The standard InChI is InChI=1S/C20H24N2O3/c1-2-3-13-25-18-11-9-17(10-12-18)20(24)22-15-19(23)21-14-16-7-5-4-6-8-16/h4-12H,2-3,13-15H2,1H3,(H,21,23)(H,22,24). The largest absolute Gasteiger partial charge is 0.494 e. The van der Waals surface area contributed by atoms with Gasteiger partial charge in [-0.25, -0.2) is 0 Å². The number of nitrogens with one attached hydrogen (secondary N) is 2. The molecule has 0 aliphatic heterocycles. The van der Waals surface area contributed by atoms with Gasteiger partial charge in [-0.1, -0.05) is 43.7 Å². The Balaban J connectivity index is 1.72. The lowest BCUT2D eigenvalue weighted by atomic mass is 10.2. The van der Waals surface area contributed by atoms with Gasteiger partial charge in [0.2, 0.25) is 5.91 Å². The van der Waals surface area contributed by atoms with E-state index in [4.69, 9.17) is 4.74 Å². The Morgan fingerprint density at radius 2 is 1.68 bits per heavy atom. The molecule has 2 aromatic carbocycles. The maximum atomic E-state index is 12.1. The summed E-state index contributed by atoms with van der Waals surface area (Å²) >= 11 is 0. The topological polar surface area (TPSA) is 67.4 Å². The van der Waals surface area contributed by atoms with Crippen LogP contribution in [0.3, 0.4) is 0 Å². The second-order valence-corrected chi connectivity index (χ2v) is 5.67. The SMILES string of the molecule is CCCCOc1ccc(C(=O)NCC(=O)NCc2ccccc2)cc1. The quantitative estimate of drug-likeness (QED) is 0.690. The van der Waals surface area contributed by atoms with Crippen molar-refractivity contribution in [2.24, 2.45) is 0 Å². The molecule has 0 radical (unpaired) electrons. The molecule has 2 N–H and O–H groups in total. The van der Waals surface area contributed by atoms with E-state index in [-0.39, 0.29) is 18.4 Å². The zero-order chi connectivity index (χ0) is 17.9. The van der Waals surface area contributed by atoms with Gasteiger partial charge in [-0.2, -0.15) is 0 Å². The molecule has 0 fully saturated rings. The van der Waals surface area contributed by atoms with Gasteiger partial charge in [0.1, 0.15) is 5.75 Å². The van der Waals surface area contributed by atoms with Crippen LogP contribution in [0.4, 0.5) is 0 Å².